The van der Waals surface area contributed by atoms with E-state index in [0.29, 0.717) is 0 Å². The maximum atomic E-state index is 2.27. The van der Waals surface area contributed by atoms with Crippen molar-refractivity contribution in [2.24, 2.45) is 10.8 Å². The van der Waals surface area contributed by atoms with Crippen molar-refractivity contribution in [3.8, 4) is 0 Å². The topological polar surface area (TPSA) is 0 Å². The fourth-order valence-electron chi connectivity index (χ4n) is 2.21. The third-order valence-electron chi connectivity index (χ3n) is 3.21. The van der Waals surface area contributed by atoms with E-state index in [1.807, 2.05) is 0 Å². The summed E-state index contributed by atoms with van der Waals surface area (Å²) < 4.78 is 0. The number of hydrogen-bond acceptors (Lipinski definition) is 0. The Morgan fingerprint density at radius 2 is 0.688 bits per heavy atom. The van der Waals surface area contributed by atoms with Crippen LogP contribution in [0.1, 0.15) is 41.5 Å². The van der Waals surface area contributed by atoms with Crippen molar-refractivity contribution < 1.29 is 0 Å². The van der Waals surface area contributed by atoms with Gasteiger partial charge in [-0.3, -0.25) is 0 Å². The largest absolute Gasteiger partial charge is 0.0908 e. The fraction of sp³-hybridized carbons (Fsp3) is 0.500. The van der Waals surface area contributed by atoms with Crippen molar-refractivity contribution in [3.05, 3.63) is 48.6 Å². The molecule has 0 saturated heterocycles. The van der Waals surface area contributed by atoms with E-state index in [9.17, 15) is 0 Å². The molecular formula is C16H26. The van der Waals surface area contributed by atoms with Gasteiger partial charge in [-0.15, -0.1) is 0 Å². The maximum Gasteiger partial charge on any atom is 0.0156 e. The summed E-state index contributed by atoms with van der Waals surface area (Å²) in [4.78, 5) is 0. The predicted octanol–water partition coefficient (Wildman–Crippen LogP) is 5.30. The highest BCUT2D eigenvalue weighted by Crippen LogP contribution is 2.44. The molecule has 0 N–H and O–H groups in total. The normalized spacial score (nSPS) is 21.1. The maximum absolute atomic E-state index is 2.27. The Morgan fingerprint density at radius 1 is 0.500 bits per heavy atom. The molecule has 16 heavy (non-hydrogen) atoms. The minimum Gasteiger partial charge on any atom is -0.0908 e. The molecule has 0 fully saturated rings. The van der Waals surface area contributed by atoms with E-state index in [4.69, 9.17) is 0 Å². The molecule has 0 saturated carbocycles. The highest BCUT2D eigenvalue weighted by molar-refractivity contribution is 5.26. The van der Waals surface area contributed by atoms with Crippen molar-refractivity contribution in [2.45, 2.75) is 41.5 Å². The lowest BCUT2D eigenvalue weighted by atomic mass is 9.64. The summed E-state index contributed by atoms with van der Waals surface area (Å²) in [5.74, 6) is 0. The van der Waals surface area contributed by atoms with Gasteiger partial charge in [-0.1, -0.05) is 62.5 Å². The summed E-state index contributed by atoms with van der Waals surface area (Å²) in [7, 11) is 0. The smallest absolute Gasteiger partial charge is 0.0156 e. The van der Waals surface area contributed by atoms with Crippen LogP contribution < -0.4 is 0 Å². The number of rotatable bonds is 5. The van der Waals surface area contributed by atoms with Crippen molar-refractivity contribution in [1.29, 1.82) is 0 Å². The Balaban J connectivity index is 5.60. The van der Waals surface area contributed by atoms with E-state index in [2.05, 4.69) is 90.2 Å². The first-order chi connectivity index (χ1) is 7.49. The Morgan fingerprint density at radius 3 is 0.812 bits per heavy atom. The predicted molar refractivity (Wildman–Crippen MR) is 75.5 cm³/mol. The quantitative estimate of drug-likeness (QED) is 0.549. The van der Waals surface area contributed by atoms with E-state index in [1.165, 1.54) is 0 Å². The Labute approximate surface area is 101 Å². The Hall–Kier alpha value is -1.04. The van der Waals surface area contributed by atoms with Crippen LogP contribution >= 0.6 is 0 Å². The van der Waals surface area contributed by atoms with Gasteiger partial charge in [0.1, 0.15) is 0 Å². The third-order valence-corrected chi connectivity index (χ3v) is 3.21. The van der Waals surface area contributed by atoms with Crippen LogP contribution in [-0.2, 0) is 0 Å². The molecule has 90 valence electrons. The van der Waals surface area contributed by atoms with Crippen LogP contribution in [0.5, 0.6) is 0 Å². The van der Waals surface area contributed by atoms with Gasteiger partial charge >= 0.3 is 0 Å². The zero-order valence-electron chi connectivity index (χ0n) is 11.6. The van der Waals surface area contributed by atoms with Gasteiger partial charge in [-0.25, -0.2) is 0 Å². The van der Waals surface area contributed by atoms with Gasteiger partial charge in [-0.2, -0.15) is 0 Å². The van der Waals surface area contributed by atoms with Crippen LogP contribution in [-0.4, -0.2) is 0 Å². The monoisotopic (exact) mass is 218 g/mol. The van der Waals surface area contributed by atoms with Crippen LogP contribution in [0.2, 0.25) is 0 Å². The van der Waals surface area contributed by atoms with Gasteiger partial charge in [-0.05, 0) is 27.7 Å². The van der Waals surface area contributed by atoms with Crippen LogP contribution in [0.15, 0.2) is 48.6 Å². The molecule has 0 atom stereocenters. The lowest BCUT2D eigenvalue weighted by molar-refractivity contribution is 0.315. The SMILES string of the molecule is CC=CC(C)(C=CC)C(C)(C=CC)C=CC. The Bertz CT molecular complexity index is 244. The summed E-state index contributed by atoms with van der Waals surface area (Å²) in [5, 5.41) is 0. The van der Waals surface area contributed by atoms with Gasteiger partial charge in [0.05, 0.1) is 0 Å². The first kappa shape index (κ1) is 15.0. The molecule has 0 amide bonds. The van der Waals surface area contributed by atoms with Crippen LogP contribution in [0.25, 0.3) is 0 Å². The van der Waals surface area contributed by atoms with E-state index >= 15 is 0 Å². The second kappa shape index (κ2) is 6.52. The average Bonchev–Trinajstić information content (AvgIpc) is 2.19. The molecule has 0 aromatic rings. The zero-order valence-corrected chi connectivity index (χ0v) is 11.6. The third kappa shape index (κ3) is 3.23. The summed E-state index contributed by atoms with van der Waals surface area (Å²) in [5.41, 5.74) is 0.0467. The van der Waals surface area contributed by atoms with Gasteiger partial charge in [0, 0.05) is 10.8 Å². The fourth-order valence-corrected chi connectivity index (χ4v) is 2.21. The summed E-state index contributed by atoms with van der Waals surface area (Å²) in [6.07, 6.45) is 17.6. The van der Waals surface area contributed by atoms with Gasteiger partial charge in [0.15, 0.2) is 0 Å². The van der Waals surface area contributed by atoms with Crippen molar-refractivity contribution >= 4 is 0 Å². The van der Waals surface area contributed by atoms with E-state index in [1.54, 1.807) is 0 Å². The molecule has 0 heterocycles. The summed E-state index contributed by atoms with van der Waals surface area (Å²) in [6, 6.07) is 0. The standard InChI is InChI=1S/C16H26/c1-7-11-15(5,12-8-2)16(6,13-9-3)14-10-4/h7-14H,1-6H3. The van der Waals surface area contributed by atoms with Crippen molar-refractivity contribution in [1.82, 2.24) is 0 Å². The summed E-state index contributed by atoms with van der Waals surface area (Å²) in [6.45, 7) is 12.8. The lowest BCUT2D eigenvalue weighted by Gasteiger charge is -2.39. The molecule has 0 unspecified atom stereocenters. The second-order valence-electron chi connectivity index (χ2n) is 4.57. The molecule has 0 spiro atoms. The number of allylic oxidation sites excluding steroid dienone is 8. The molecule has 0 aliphatic carbocycles. The first-order valence-electron chi connectivity index (χ1n) is 6.05. The van der Waals surface area contributed by atoms with Gasteiger partial charge < -0.3 is 0 Å². The van der Waals surface area contributed by atoms with E-state index in [-0.39, 0.29) is 10.8 Å². The molecule has 0 aromatic carbocycles. The van der Waals surface area contributed by atoms with Crippen LogP contribution in [0.4, 0.5) is 0 Å². The lowest BCUT2D eigenvalue weighted by Crippen LogP contribution is -2.31. The highest BCUT2D eigenvalue weighted by atomic mass is 14.4. The van der Waals surface area contributed by atoms with Crippen LogP contribution in [0, 0.1) is 10.8 Å². The highest BCUT2D eigenvalue weighted by Gasteiger charge is 2.36. The molecule has 0 radical (unpaired) electrons. The molecule has 0 heteroatoms. The molecule has 0 aliphatic heterocycles. The summed E-state index contributed by atoms with van der Waals surface area (Å²) >= 11 is 0. The molecule has 0 aromatic heterocycles. The molecule has 0 bridgehead atoms. The minimum absolute atomic E-state index is 0.0233. The number of hydrogen-bond donors (Lipinski definition) is 0. The van der Waals surface area contributed by atoms with Crippen LogP contribution in [0.3, 0.4) is 0 Å². The molecule has 0 rings (SSSR count). The zero-order chi connectivity index (χ0) is 12.7. The second-order valence-corrected chi connectivity index (χ2v) is 4.57. The molecule has 0 nitrogen and oxygen atoms in total. The van der Waals surface area contributed by atoms with E-state index in [0.717, 1.165) is 0 Å². The van der Waals surface area contributed by atoms with Crippen molar-refractivity contribution in [3.63, 3.8) is 0 Å². The van der Waals surface area contributed by atoms with Crippen molar-refractivity contribution in [2.75, 3.05) is 0 Å². The first-order valence-corrected chi connectivity index (χ1v) is 6.05. The molecular weight excluding hydrogens is 192 g/mol. The van der Waals surface area contributed by atoms with Gasteiger partial charge in [0.2, 0.25) is 0 Å². The minimum atomic E-state index is 0.0233. The van der Waals surface area contributed by atoms with E-state index < -0.39 is 0 Å². The Kier molecular flexibility index (Phi) is 6.10. The van der Waals surface area contributed by atoms with Gasteiger partial charge in [0.25, 0.3) is 0 Å². The molecule has 0 aliphatic rings. The average molecular weight is 218 g/mol.